The summed E-state index contributed by atoms with van der Waals surface area (Å²) in [6.45, 7) is 3.88. The Bertz CT molecular complexity index is 597. The van der Waals surface area contributed by atoms with Gasteiger partial charge in [-0.15, -0.1) is 0 Å². The van der Waals surface area contributed by atoms with Crippen molar-refractivity contribution in [3.8, 4) is 0 Å². The SMILES string of the molecule is Cc1cc(C(=O)Nc2ccnn2C(C)C2CC2)no1. The molecular formula is C13H16N4O2. The molecule has 6 nitrogen and oxygen atoms in total. The molecule has 3 rings (SSSR count). The van der Waals surface area contributed by atoms with Crippen LogP contribution in [0, 0.1) is 12.8 Å². The molecule has 1 atom stereocenters. The second-order valence-electron chi connectivity index (χ2n) is 5.02. The second-order valence-corrected chi connectivity index (χ2v) is 5.02. The lowest BCUT2D eigenvalue weighted by molar-refractivity contribution is 0.101. The summed E-state index contributed by atoms with van der Waals surface area (Å²) in [5.41, 5.74) is 0.282. The van der Waals surface area contributed by atoms with Gasteiger partial charge in [0.05, 0.1) is 12.2 Å². The van der Waals surface area contributed by atoms with Crippen molar-refractivity contribution in [2.45, 2.75) is 32.7 Å². The van der Waals surface area contributed by atoms with Gasteiger partial charge in [0.2, 0.25) is 0 Å². The average molecular weight is 260 g/mol. The highest BCUT2D eigenvalue weighted by atomic mass is 16.5. The third-order valence-corrected chi connectivity index (χ3v) is 3.46. The summed E-state index contributed by atoms with van der Waals surface area (Å²) in [4.78, 5) is 12.0. The monoisotopic (exact) mass is 260 g/mol. The molecule has 0 radical (unpaired) electrons. The first-order valence-corrected chi connectivity index (χ1v) is 6.43. The Balaban J connectivity index is 1.76. The van der Waals surface area contributed by atoms with Crippen molar-refractivity contribution in [3.63, 3.8) is 0 Å². The van der Waals surface area contributed by atoms with Gasteiger partial charge in [-0.1, -0.05) is 5.16 Å². The molecule has 2 aromatic heterocycles. The summed E-state index contributed by atoms with van der Waals surface area (Å²) in [7, 11) is 0. The third kappa shape index (κ3) is 2.38. The van der Waals surface area contributed by atoms with Gasteiger partial charge in [-0.2, -0.15) is 5.10 Å². The molecule has 1 amide bonds. The van der Waals surface area contributed by atoms with Gasteiger partial charge >= 0.3 is 0 Å². The molecular weight excluding hydrogens is 244 g/mol. The molecule has 1 unspecified atom stereocenters. The van der Waals surface area contributed by atoms with Gasteiger partial charge in [-0.25, -0.2) is 4.68 Å². The standard InChI is InChI=1S/C13H16N4O2/c1-8-7-11(16-19-8)13(18)15-12-5-6-14-17(12)9(2)10-3-4-10/h5-7,9-10H,3-4H2,1-2H3,(H,15,18). The molecule has 0 bridgehead atoms. The lowest BCUT2D eigenvalue weighted by atomic mass is 10.2. The molecule has 2 heterocycles. The van der Waals surface area contributed by atoms with Crippen molar-refractivity contribution >= 4 is 11.7 Å². The maximum absolute atomic E-state index is 12.0. The van der Waals surface area contributed by atoms with Crippen molar-refractivity contribution in [3.05, 3.63) is 29.8 Å². The molecule has 1 aliphatic carbocycles. The van der Waals surface area contributed by atoms with E-state index in [1.165, 1.54) is 12.8 Å². The lowest BCUT2D eigenvalue weighted by Crippen LogP contribution is -2.18. The molecule has 0 saturated heterocycles. The number of anilines is 1. The van der Waals surface area contributed by atoms with Crippen LogP contribution in [0.2, 0.25) is 0 Å². The van der Waals surface area contributed by atoms with Crippen LogP contribution in [0.1, 0.15) is 42.1 Å². The summed E-state index contributed by atoms with van der Waals surface area (Å²) < 4.78 is 6.76. The molecule has 1 fully saturated rings. The van der Waals surface area contributed by atoms with Crippen molar-refractivity contribution in [2.75, 3.05) is 5.32 Å². The lowest BCUT2D eigenvalue weighted by Gasteiger charge is -2.14. The van der Waals surface area contributed by atoms with Crippen LogP contribution in [0.5, 0.6) is 0 Å². The van der Waals surface area contributed by atoms with Crippen molar-refractivity contribution in [1.82, 2.24) is 14.9 Å². The molecule has 2 aromatic rings. The van der Waals surface area contributed by atoms with Gasteiger partial charge in [0.15, 0.2) is 5.69 Å². The Morgan fingerprint density at radius 2 is 2.37 bits per heavy atom. The van der Waals surface area contributed by atoms with Crippen LogP contribution in [0.4, 0.5) is 5.82 Å². The van der Waals surface area contributed by atoms with E-state index in [0.29, 0.717) is 23.5 Å². The number of amides is 1. The van der Waals surface area contributed by atoms with Gasteiger partial charge in [0, 0.05) is 12.1 Å². The molecule has 100 valence electrons. The summed E-state index contributed by atoms with van der Waals surface area (Å²) in [5.74, 6) is 1.71. The first-order chi connectivity index (χ1) is 9.15. The molecule has 1 aliphatic rings. The number of hydrogen-bond acceptors (Lipinski definition) is 4. The van der Waals surface area contributed by atoms with Crippen molar-refractivity contribution in [2.24, 2.45) is 5.92 Å². The molecule has 6 heteroatoms. The molecule has 0 aliphatic heterocycles. The minimum absolute atomic E-state index is 0.276. The fourth-order valence-corrected chi connectivity index (χ4v) is 2.17. The van der Waals surface area contributed by atoms with E-state index in [1.54, 1.807) is 25.3 Å². The van der Waals surface area contributed by atoms with Gasteiger partial charge in [0.1, 0.15) is 11.6 Å². The normalized spacial score (nSPS) is 16.3. The van der Waals surface area contributed by atoms with Crippen LogP contribution in [0.15, 0.2) is 22.9 Å². The van der Waals surface area contributed by atoms with Crippen molar-refractivity contribution in [1.29, 1.82) is 0 Å². The van der Waals surface area contributed by atoms with Gasteiger partial charge < -0.3 is 9.84 Å². The number of hydrogen-bond donors (Lipinski definition) is 1. The van der Waals surface area contributed by atoms with Gasteiger partial charge in [0.25, 0.3) is 5.91 Å². The number of nitrogens with zero attached hydrogens (tertiary/aromatic N) is 3. The van der Waals surface area contributed by atoms with Crippen LogP contribution < -0.4 is 5.32 Å². The second kappa shape index (κ2) is 4.53. The molecule has 1 N–H and O–H groups in total. The van der Waals surface area contributed by atoms with E-state index in [-0.39, 0.29) is 11.6 Å². The zero-order chi connectivity index (χ0) is 13.4. The van der Waals surface area contributed by atoms with Crippen LogP contribution in [-0.4, -0.2) is 20.8 Å². The summed E-state index contributed by atoms with van der Waals surface area (Å²) in [5, 5.41) is 10.8. The minimum atomic E-state index is -0.276. The van der Waals surface area contributed by atoms with Gasteiger partial charge in [-0.3, -0.25) is 4.79 Å². The zero-order valence-electron chi connectivity index (χ0n) is 11.0. The third-order valence-electron chi connectivity index (χ3n) is 3.46. The summed E-state index contributed by atoms with van der Waals surface area (Å²) >= 11 is 0. The van der Waals surface area contributed by atoms with Gasteiger partial charge in [-0.05, 0) is 32.6 Å². The highest BCUT2D eigenvalue weighted by Crippen LogP contribution is 2.40. The van der Waals surface area contributed by atoms with E-state index in [9.17, 15) is 4.79 Å². The van der Waals surface area contributed by atoms with Crippen LogP contribution in [-0.2, 0) is 0 Å². The number of carbonyl (C=O) groups is 1. The zero-order valence-corrected chi connectivity index (χ0v) is 11.0. The fourth-order valence-electron chi connectivity index (χ4n) is 2.17. The van der Waals surface area contributed by atoms with Crippen LogP contribution in [0.25, 0.3) is 0 Å². The Labute approximate surface area is 110 Å². The Morgan fingerprint density at radius 3 is 3.00 bits per heavy atom. The van der Waals surface area contributed by atoms with E-state index in [0.717, 1.165) is 0 Å². The molecule has 0 spiro atoms. The minimum Gasteiger partial charge on any atom is -0.361 e. The highest BCUT2D eigenvalue weighted by molar-refractivity contribution is 6.02. The highest BCUT2D eigenvalue weighted by Gasteiger charge is 2.30. The fraction of sp³-hybridized carbons (Fsp3) is 0.462. The first kappa shape index (κ1) is 12.0. The quantitative estimate of drug-likeness (QED) is 0.916. The number of carbonyl (C=O) groups excluding carboxylic acids is 1. The molecule has 0 aromatic carbocycles. The van der Waals surface area contributed by atoms with Crippen LogP contribution in [0.3, 0.4) is 0 Å². The molecule has 1 saturated carbocycles. The topological polar surface area (TPSA) is 73.0 Å². The number of aryl methyl sites for hydroxylation is 1. The Morgan fingerprint density at radius 1 is 1.58 bits per heavy atom. The first-order valence-electron chi connectivity index (χ1n) is 6.43. The maximum Gasteiger partial charge on any atom is 0.278 e. The van der Waals surface area contributed by atoms with E-state index in [1.807, 2.05) is 4.68 Å². The maximum atomic E-state index is 12.0. The van der Waals surface area contributed by atoms with E-state index >= 15 is 0 Å². The van der Waals surface area contributed by atoms with Crippen molar-refractivity contribution < 1.29 is 9.32 Å². The van der Waals surface area contributed by atoms with E-state index < -0.39 is 0 Å². The number of nitrogens with one attached hydrogen (secondary N) is 1. The van der Waals surface area contributed by atoms with Crippen LogP contribution >= 0.6 is 0 Å². The Kier molecular flexibility index (Phi) is 2.85. The predicted molar refractivity (Wildman–Crippen MR) is 68.9 cm³/mol. The van der Waals surface area contributed by atoms with E-state index in [2.05, 4.69) is 22.5 Å². The predicted octanol–water partition coefficient (Wildman–Crippen LogP) is 2.40. The molecule has 19 heavy (non-hydrogen) atoms. The average Bonchev–Trinajstić information content (AvgIpc) is 2.99. The number of aromatic nitrogens is 3. The summed E-state index contributed by atoms with van der Waals surface area (Å²) in [6, 6.07) is 3.72. The largest absolute Gasteiger partial charge is 0.361 e. The Hall–Kier alpha value is -2.11. The smallest absolute Gasteiger partial charge is 0.278 e. The number of rotatable bonds is 4. The van der Waals surface area contributed by atoms with E-state index in [4.69, 9.17) is 4.52 Å². The summed E-state index contributed by atoms with van der Waals surface area (Å²) in [6.07, 6.45) is 4.16.